The fourth-order valence-corrected chi connectivity index (χ4v) is 2.51. The van der Waals surface area contributed by atoms with E-state index in [1.807, 2.05) is 0 Å². The molecule has 0 radical (unpaired) electrons. The summed E-state index contributed by atoms with van der Waals surface area (Å²) in [5, 5.41) is 3.19. The molecule has 7 heteroatoms. The average Bonchev–Trinajstić information content (AvgIpc) is 2.91. The molecule has 3 rings (SSSR count). The number of nitrogens with one attached hydrogen (secondary N) is 1. The van der Waals surface area contributed by atoms with Crippen LogP contribution in [0.3, 0.4) is 0 Å². The third-order valence-electron chi connectivity index (χ3n) is 2.79. The van der Waals surface area contributed by atoms with Gasteiger partial charge in [0.1, 0.15) is 11.0 Å². The number of benzene rings is 2. The van der Waals surface area contributed by atoms with Crippen LogP contribution in [-0.4, -0.2) is 14.7 Å². The van der Waals surface area contributed by atoms with Gasteiger partial charge in [0.15, 0.2) is 0 Å². The summed E-state index contributed by atoms with van der Waals surface area (Å²) in [6, 6.07) is 10.1. The molecule has 1 heterocycles. The van der Waals surface area contributed by atoms with E-state index in [4.69, 9.17) is 17.3 Å². The van der Waals surface area contributed by atoms with Gasteiger partial charge in [-0.3, -0.25) is 4.79 Å². The number of fused-ring (bicyclic) bond motifs is 1. The number of nitrogens with two attached hydrogens (primary N) is 1. The molecule has 0 aliphatic heterocycles. The van der Waals surface area contributed by atoms with Crippen molar-refractivity contribution in [1.82, 2.24) is 8.75 Å². The highest BCUT2D eigenvalue weighted by Crippen LogP contribution is 2.30. The highest BCUT2D eigenvalue weighted by Gasteiger charge is 2.13. The van der Waals surface area contributed by atoms with Crippen molar-refractivity contribution in [3.05, 3.63) is 47.0 Å². The fourth-order valence-electron chi connectivity index (χ4n) is 1.77. The molecule has 3 aromatic rings. The highest BCUT2D eigenvalue weighted by molar-refractivity contribution is 7.00. The Hall–Kier alpha value is -2.18. The summed E-state index contributed by atoms with van der Waals surface area (Å²) in [4.78, 5) is 12.2. The zero-order chi connectivity index (χ0) is 14.1. The molecule has 100 valence electrons. The molecular formula is C13H9ClN4OS. The minimum atomic E-state index is -0.271. The van der Waals surface area contributed by atoms with E-state index in [0.29, 0.717) is 33.0 Å². The van der Waals surface area contributed by atoms with E-state index in [9.17, 15) is 4.79 Å². The number of aromatic nitrogens is 2. The maximum Gasteiger partial charge on any atom is 0.255 e. The molecule has 0 saturated heterocycles. The van der Waals surface area contributed by atoms with Crippen LogP contribution in [0.4, 0.5) is 11.4 Å². The molecule has 0 bridgehead atoms. The number of nitrogens with zero attached hydrogens (tertiary/aromatic N) is 2. The van der Waals surface area contributed by atoms with Gasteiger partial charge in [0, 0.05) is 11.3 Å². The van der Waals surface area contributed by atoms with Crippen LogP contribution in [0.5, 0.6) is 0 Å². The Balaban J connectivity index is 1.96. The quantitative estimate of drug-likeness (QED) is 0.712. The Kier molecular flexibility index (Phi) is 3.25. The van der Waals surface area contributed by atoms with Gasteiger partial charge in [-0.05, 0) is 36.4 Å². The SMILES string of the molecule is Nc1ccc(C(=O)Nc2c(Cl)ccc3nsnc23)cc1. The van der Waals surface area contributed by atoms with Crippen LogP contribution in [-0.2, 0) is 0 Å². The number of carbonyl (C=O) groups is 1. The molecule has 0 spiro atoms. The highest BCUT2D eigenvalue weighted by atomic mass is 35.5. The van der Waals surface area contributed by atoms with Crippen molar-refractivity contribution in [1.29, 1.82) is 0 Å². The summed E-state index contributed by atoms with van der Waals surface area (Å²) in [5.41, 5.74) is 8.45. The van der Waals surface area contributed by atoms with Gasteiger partial charge in [0.25, 0.3) is 5.91 Å². The van der Waals surface area contributed by atoms with E-state index in [-0.39, 0.29) is 5.91 Å². The van der Waals surface area contributed by atoms with Gasteiger partial charge in [-0.15, -0.1) is 0 Å². The first-order valence-corrected chi connectivity index (χ1v) is 6.83. The second kappa shape index (κ2) is 5.07. The van der Waals surface area contributed by atoms with Crippen LogP contribution in [0.1, 0.15) is 10.4 Å². The number of amides is 1. The molecule has 0 unspecified atom stereocenters. The molecule has 2 aromatic carbocycles. The van der Waals surface area contributed by atoms with Crippen LogP contribution in [0.2, 0.25) is 5.02 Å². The van der Waals surface area contributed by atoms with E-state index >= 15 is 0 Å². The Morgan fingerprint density at radius 3 is 2.65 bits per heavy atom. The number of hydrogen-bond donors (Lipinski definition) is 2. The minimum absolute atomic E-state index is 0.271. The van der Waals surface area contributed by atoms with Crippen LogP contribution in [0.15, 0.2) is 36.4 Å². The average molecular weight is 305 g/mol. The Bertz CT molecular complexity index is 785. The first-order valence-electron chi connectivity index (χ1n) is 5.73. The second-order valence-corrected chi connectivity index (χ2v) is 5.07. The maximum absolute atomic E-state index is 12.2. The Labute approximate surface area is 123 Å². The van der Waals surface area contributed by atoms with Crippen molar-refractivity contribution in [2.45, 2.75) is 0 Å². The molecule has 0 saturated carbocycles. The maximum atomic E-state index is 12.2. The summed E-state index contributed by atoms with van der Waals surface area (Å²) in [6.07, 6.45) is 0. The molecule has 0 fully saturated rings. The predicted molar refractivity (Wildman–Crippen MR) is 81.2 cm³/mol. The molecule has 1 amide bonds. The van der Waals surface area contributed by atoms with Gasteiger partial charge >= 0.3 is 0 Å². The van der Waals surface area contributed by atoms with Crippen molar-refractivity contribution in [2.75, 3.05) is 11.1 Å². The molecule has 0 atom stereocenters. The first-order chi connectivity index (χ1) is 9.65. The number of carbonyl (C=O) groups excluding carboxylic acids is 1. The second-order valence-electron chi connectivity index (χ2n) is 4.13. The number of hydrogen-bond acceptors (Lipinski definition) is 5. The Morgan fingerprint density at radius 1 is 1.15 bits per heavy atom. The number of nitrogen functional groups attached to an aromatic ring is 1. The number of rotatable bonds is 2. The third-order valence-corrected chi connectivity index (χ3v) is 3.65. The van der Waals surface area contributed by atoms with Crippen molar-refractivity contribution in [2.24, 2.45) is 0 Å². The van der Waals surface area contributed by atoms with Gasteiger partial charge in [-0.25, -0.2) is 0 Å². The van der Waals surface area contributed by atoms with Gasteiger partial charge in [-0.2, -0.15) is 8.75 Å². The largest absolute Gasteiger partial charge is 0.399 e. The normalized spacial score (nSPS) is 10.7. The van der Waals surface area contributed by atoms with Crippen molar-refractivity contribution in [3.63, 3.8) is 0 Å². The van der Waals surface area contributed by atoms with E-state index < -0.39 is 0 Å². The lowest BCUT2D eigenvalue weighted by atomic mass is 10.2. The van der Waals surface area contributed by atoms with Crippen LogP contribution in [0, 0.1) is 0 Å². The van der Waals surface area contributed by atoms with Gasteiger partial charge < -0.3 is 11.1 Å². The molecule has 20 heavy (non-hydrogen) atoms. The van der Waals surface area contributed by atoms with E-state index in [0.717, 1.165) is 11.7 Å². The summed E-state index contributed by atoms with van der Waals surface area (Å²) < 4.78 is 8.27. The zero-order valence-electron chi connectivity index (χ0n) is 10.1. The smallest absolute Gasteiger partial charge is 0.255 e. The van der Waals surface area contributed by atoms with E-state index in [1.165, 1.54) is 0 Å². The van der Waals surface area contributed by atoms with Gasteiger partial charge in [-0.1, -0.05) is 11.6 Å². The van der Waals surface area contributed by atoms with Gasteiger partial charge in [0.05, 0.1) is 22.4 Å². The summed E-state index contributed by atoms with van der Waals surface area (Å²) in [6.45, 7) is 0. The summed E-state index contributed by atoms with van der Waals surface area (Å²) >= 11 is 7.19. The van der Waals surface area contributed by atoms with Crippen LogP contribution in [0.25, 0.3) is 11.0 Å². The number of anilines is 2. The zero-order valence-corrected chi connectivity index (χ0v) is 11.7. The van der Waals surface area contributed by atoms with Crippen molar-refractivity contribution >= 4 is 51.6 Å². The lowest BCUT2D eigenvalue weighted by Crippen LogP contribution is -2.12. The summed E-state index contributed by atoms with van der Waals surface area (Å²) in [5.74, 6) is -0.271. The number of halogens is 1. The lowest BCUT2D eigenvalue weighted by molar-refractivity contribution is 0.102. The third kappa shape index (κ3) is 2.31. The van der Waals surface area contributed by atoms with Crippen LogP contribution < -0.4 is 11.1 Å². The molecule has 5 nitrogen and oxygen atoms in total. The van der Waals surface area contributed by atoms with E-state index in [1.54, 1.807) is 36.4 Å². The Morgan fingerprint density at radius 2 is 1.90 bits per heavy atom. The van der Waals surface area contributed by atoms with E-state index in [2.05, 4.69) is 14.1 Å². The lowest BCUT2D eigenvalue weighted by Gasteiger charge is -2.07. The molecule has 0 aliphatic carbocycles. The molecular weight excluding hydrogens is 296 g/mol. The monoisotopic (exact) mass is 304 g/mol. The van der Waals surface area contributed by atoms with Gasteiger partial charge in [0.2, 0.25) is 0 Å². The van der Waals surface area contributed by atoms with Crippen LogP contribution >= 0.6 is 23.3 Å². The molecule has 0 aliphatic rings. The molecule has 1 aromatic heterocycles. The summed E-state index contributed by atoms with van der Waals surface area (Å²) in [7, 11) is 0. The molecule has 3 N–H and O–H groups in total. The predicted octanol–water partition coefficient (Wildman–Crippen LogP) is 3.18. The van der Waals surface area contributed by atoms with Crippen molar-refractivity contribution in [3.8, 4) is 0 Å². The fraction of sp³-hybridized carbons (Fsp3) is 0. The minimum Gasteiger partial charge on any atom is -0.399 e. The first kappa shape index (κ1) is 12.8. The van der Waals surface area contributed by atoms with Crippen molar-refractivity contribution < 1.29 is 4.79 Å². The standard InChI is InChI=1S/C13H9ClN4OS/c14-9-5-6-10-12(18-20-17-10)11(9)16-13(19)7-1-3-8(15)4-2-7/h1-6H,15H2,(H,16,19). The topological polar surface area (TPSA) is 80.9 Å².